The van der Waals surface area contributed by atoms with Gasteiger partial charge in [0.25, 0.3) is 0 Å². The molecule has 2 atom stereocenters. The molecule has 2 aliphatic rings. The fraction of sp³-hybridized carbons (Fsp3) is 0.458. The number of hydrogen-bond donors (Lipinski definition) is 0. The van der Waals surface area contributed by atoms with Crippen LogP contribution in [0, 0.1) is 12.3 Å². The van der Waals surface area contributed by atoms with E-state index in [2.05, 4.69) is 60.0 Å². The van der Waals surface area contributed by atoms with Gasteiger partial charge in [0.05, 0.1) is 19.3 Å². The van der Waals surface area contributed by atoms with Gasteiger partial charge in [0, 0.05) is 38.0 Å². The zero-order chi connectivity index (χ0) is 19.6. The van der Waals surface area contributed by atoms with Gasteiger partial charge in [0.1, 0.15) is 0 Å². The second-order valence-electron chi connectivity index (χ2n) is 8.47. The second-order valence-corrected chi connectivity index (χ2v) is 8.47. The molecule has 1 amide bonds. The van der Waals surface area contributed by atoms with Gasteiger partial charge in [-0.15, -0.1) is 0 Å². The largest absolute Gasteiger partial charge is 0.379 e. The van der Waals surface area contributed by atoms with Gasteiger partial charge in [-0.2, -0.15) is 0 Å². The SMILES string of the molecule is Cc1ccccc1CN1CCOC[C@]2(CC(=O)N([C@H](C)c3ccccc3)C2)C1. The predicted octanol–water partition coefficient (Wildman–Crippen LogP) is 3.81. The van der Waals surface area contributed by atoms with Crippen molar-refractivity contribution in [1.29, 1.82) is 0 Å². The van der Waals surface area contributed by atoms with Crippen molar-refractivity contribution in [3.05, 3.63) is 71.3 Å². The van der Waals surface area contributed by atoms with Crippen LogP contribution >= 0.6 is 0 Å². The van der Waals surface area contributed by atoms with Gasteiger partial charge in [0.2, 0.25) is 5.91 Å². The number of carbonyl (C=O) groups is 1. The Kier molecular flexibility index (Phi) is 5.51. The summed E-state index contributed by atoms with van der Waals surface area (Å²) >= 11 is 0. The highest BCUT2D eigenvalue weighted by atomic mass is 16.5. The molecule has 4 rings (SSSR count). The Morgan fingerprint density at radius 3 is 2.61 bits per heavy atom. The first-order chi connectivity index (χ1) is 13.6. The van der Waals surface area contributed by atoms with Crippen LogP contribution in [0.15, 0.2) is 54.6 Å². The zero-order valence-electron chi connectivity index (χ0n) is 16.9. The Balaban J connectivity index is 1.50. The van der Waals surface area contributed by atoms with Crippen LogP contribution < -0.4 is 0 Å². The molecule has 0 saturated carbocycles. The molecule has 28 heavy (non-hydrogen) atoms. The van der Waals surface area contributed by atoms with Crippen LogP contribution in [-0.2, 0) is 16.1 Å². The molecule has 2 aromatic carbocycles. The Hall–Kier alpha value is -2.17. The monoisotopic (exact) mass is 378 g/mol. The van der Waals surface area contributed by atoms with E-state index in [1.807, 2.05) is 18.2 Å². The lowest BCUT2D eigenvalue weighted by Crippen LogP contribution is -2.41. The minimum absolute atomic E-state index is 0.0983. The normalized spacial score (nSPS) is 24.5. The molecule has 2 aliphatic heterocycles. The van der Waals surface area contributed by atoms with E-state index in [0.717, 1.165) is 32.8 Å². The molecule has 0 bridgehead atoms. The van der Waals surface area contributed by atoms with Crippen LogP contribution in [0.25, 0.3) is 0 Å². The minimum Gasteiger partial charge on any atom is -0.379 e. The van der Waals surface area contributed by atoms with E-state index in [-0.39, 0.29) is 17.4 Å². The summed E-state index contributed by atoms with van der Waals surface area (Å²) < 4.78 is 5.99. The third-order valence-electron chi connectivity index (χ3n) is 6.28. The van der Waals surface area contributed by atoms with Gasteiger partial charge in [-0.05, 0) is 30.5 Å². The lowest BCUT2D eigenvalue weighted by molar-refractivity contribution is -0.129. The second kappa shape index (κ2) is 8.06. The molecule has 0 aromatic heterocycles. The van der Waals surface area contributed by atoms with E-state index < -0.39 is 0 Å². The molecule has 4 heteroatoms. The maximum absolute atomic E-state index is 12.9. The van der Waals surface area contributed by atoms with Gasteiger partial charge in [-0.25, -0.2) is 0 Å². The molecular formula is C24H30N2O2. The third kappa shape index (κ3) is 3.98. The lowest BCUT2D eigenvalue weighted by atomic mass is 9.87. The maximum atomic E-state index is 12.9. The van der Waals surface area contributed by atoms with Crippen molar-refractivity contribution >= 4 is 5.91 Å². The van der Waals surface area contributed by atoms with E-state index in [1.54, 1.807) is 0 Å². The number of hydrogen-bond acceptors (Lipinski definition) is 3. The summed E-state index contributed by atoms with van der Waals surface area (Å²) in [6, 6.07) is 19.0. The molecule has 0 N–H and O–H groups in total. The van der Waals surface area contributed by atoms with Crippen LogP contribution in [-0.4, -0.2) is 48.6 Å². The quantitative estimate of drug-likeness (QED) is 0.811. The van der Waals surface area contributed by atoms with E-state index in [1.165, 1.54) is 16.7 Å². The molecule has 1 spiro atoms. The third-order valence-corrected chi connectivity index (χ3v) is 6.28. The fourth-order valence-electron chi connectivity index (χ4n) is 4.64. The van der Waals surface area contributed by atoms with Crippen molar-refractivity contribution in [3.8, 4) is 0 Å². The first-order valence-corrected chi connectivity index (χ1v) is 10.3. The van der Waals surface area contributed by atoms with Crippen LogP contribution in [0.5, 0.6) is 0 Å². The molecule has 0 radical (unpaired) electrons. The number of ether oxygens (including phenoxy) is 1. The molecule has 2 saturated heterocycles. The summed E-state index contributed by atoms with van der Waals surface area (Å²) in [5, 5.41) is 0. The number of likely N-dealkylation sites (tertiary alicyclic amines) is 1. The van der Waals surface area contributed by atoms with Crippen LogP contribution in [0.2, 0.25) is 0 Å². The summed E-state index contributed by atoms with van der Waals surface area (Å²) in [4.78, 5) is 17.5. The van der Waals surface area contributed by atoms with Gasteiger partial charge >= 0.3 is 0 Å². The molecule has 0 aliphatic carbocycles. The van der Waals surface area contributed by atoms with Crippen molar-refractivity contribution in [2.24, 2.45) is 5.41 Å². The lowest BCUT2D eigenvalue weighted by Gasteiger charge is -2.33. The average molecular weight is 379 g/mol. The zero-order valence-corrected chi connectivity index (χ0v) is 16.9. The van der Waals surface area contributed by atoms with Crippen molar-refractivity contribution in [2.75, 3.05) is 32.8 Å². The molecule has 2 aromatic rings. The number of aryl methyl sites for hydroxylation is 1. The van der Waals surface area contributed by atoms with E-state index in [9.17, 15) is 4.79 Å². The average Bonchev–Trinajstić information content (AvgIpc) is 2.89. The van der Waals surface area contributed by atoms with Crippen molar-refractivity contribution in [3.63, 3.8) is 0 Å². The predicted molar refractivity (Wildman–Crippen MR) is 111 cm³/mol. The van der Waals surface area contributed by atoms with E-state index >= 15 is 0 Å². The maximum Gasteiger partial charge on any atom is 0.223 e. The molecule has 148 valence electrons. The number of benzene rings is 2. The van der Waals surface area contributed by atoms with Crippen LogP contribution in [0.1, 0.15) is 36.1 Å². The summed E-state index contributed by atoms with van der Waals surface area (Å²) in [6.07, 6.45) is 0.578. The molecule has 2 heterocycles. The molecule has 0 unspecified atom stereocenters. The summed E-state index contributed by atoms with van der Waals surface area (Å²) in [5.41, 5.74) is 3.76. The van der Waals surface area contributed by atoms with Gasteiger partial charge in [-0.3, -0.25) is 9.69 Å². The summed E-state index contributed by atoms with van der Waals surface area (Å²) in [5.74, 6) is 0.248. The Bertz CT molecular complexity index is 822. The number of rotatable bonds is 4. The topological polar surface area (TPSA) is 32.8 Å². The Labute approximate surface area is 168 Å². The van der Waals surface area contributed by atoms with Gasteiger partial charge in [-0.1, -0.05) is 54.6 Å². The van der Waals surface area contributed by atoms with Crippen molar-refractivity contribution < 1.29 is 9.53 Å². The minimum atomic E-state index is -0.112. The Morgan fingerprint density at radius 1 is 1.07 bits per heavy atom. The van der Waals surface area contributed by atoms with Gasteiger partial charge in [0.15, 0.2) is 0 Å². The number of amides is 1. The first kappa shape index (κ1) is 19.2. The highest BCUT2D eigenvalue weighted by Crippen LogP contribution is 2.38. The number of nitrogens with zero attached hydrogens (tertiary/aromatic N) is 2. The highest BCUT2D eigenvalue weighted by molar-refractivity contribution is 5.80. The van der Waals surface area contributed by atoms with E-state index in [4.69, 9.17) is 4.74 Å². The number of carbonyl (C=O) groups excluding carboxylic acids is 1. The first-order valence-electron chi connectivity index (χ1n) is 10.3. The summed E-state index contributed by atoms with van der Waals surface area (Å²) in [7, 11) is 0. The molecule has 4 nitrogen and oxygen atoms in total. The standard InChI is InChI=1S/C24H30N2O2/c1-19-8-6-7-11-22(19)15-25-12-13-28-18-24(16-25)14-23(27)26(17-24)20(2)21-9-4-3-5-10-21/h3-11,20H,12-18H2,1-2H3/t20-,24-/m1/s1. The smallest absolute Gasteiger partial charge is 0.223 e. The van der Waals surface area contributed by atoms with E-state index in [0.29, 0.717) is 13.0 Å². The fourth-order valence-corrected chi connectivity index (χ4v) is 4.64. The van der Waals surface area contributed by atoms with Crippen LogP contribution in [0.4, 0.5) is 0 Å². The van der Waals surface area contributed by atoms with Crippen molar-refractivity contribution in [2.45, 2.75) is 32.9 Å². The molecular weight excluding hydrogens is 348 g/mol. The van der Waals surface area contributed by atoms with Gasteiger partial charge < -0.3 is 9.64 Å². The van der Waals surface area contributed by atoms with Crippen LogP contribution in [0.3, 0.4) is 0 Å². The molecule has 2 fully saturated rings. The highest BCUT2D eigenvalue weighted by Gasteiger charge is 2.46. The van der Waals surface area contributed by atoms with Crippen molar-refractivity contribution in [1.82, 2.24) is 9.80 Å². The Morgan fingerprint density at radius 2 is 1.82 bits per heavy atom. The summed E-state index contributed by atoms with van der Waals surface area (Å²) in [6.45, 7) is 9.21.